The first-order valence-corrected chi connectivity index (χ1v) is 10.8. The summed E-state index contributed by atoms with van der Waals surface area (Å²) in [5.41, 5.74) is 1.15. The molecule has 0 spiro atoms. The number of hydrogen-bond donors (Lipinski definition) is 4. The first-order valence-electron chi connectivity index (χ1n) is 10.8. The lowest BCUT2D eigenvalue weighted by atomic mass is 9.96. The van der Waals surface area contributed by atoms with Gasteiger partial charge in [-0.3, -0.25) is 9.59 Å². The van der Waals surface area contributed by atoms with Crippen molar-refractivity contribution in [3.8, 4) is 0 Å². The third kappa shape index (κ3) is 8.98. The van der Waals surface area contributed by atoms with Crippen molar-refractivity contribution in [3.05, 3.63) is 29.8 Å². The molecule has 0 aromatic heterocycles. The van der Waals surface area contributed by atoms with Crippen LogP contribution in [0.3, 0.4) is 0 Å². The van der Waals surface area contributed by atoms with Crippen LogP contribution in [0.1, 0.15) is 75.1 Å². The minimum atomic E-state index is -0.149. The molecule has 2 rings (SSSR count). The molecular weight excluding hydrogens is 368 g/mol. The number of benzene rings is 1. The van der Waals surface area contributed by atoms with E-state index in [0.29, 0.717) is 36.8 Å². The van der Waals surface area contributed by atoms with Crippen LogP contribution < -0.4 is 21.3 Å². The van der Waals surface area contributed by atoms with Gasteiger partial charge in [-0.15, -0.1) is 0 Å². The van der Waals surface area contributed by atoms with Crippen molar-refractivity contribution in [2.75, 3.05) is 18.4 Å². The van der Waals surface area contributed by atoms with Crippen LogP contribution in [0.2, 0.25) is 0 Å². The number of unbranched alkanes of at least 4 members (excludes halogenated alkanes) is 2. The van der Waals surface area contributed by atoms with Crippen molar-refractivity contribution < 1.29 is 14.4 Å². The zero-order valence-electron chi connectivity index (χ0n) is 17.4. The monoisotopic (exact) mass is 402 g/mol. The maximum Gasteiger partial charge on any atom is 0.315 e. The van der Waals surface area contributed by atoms with Crippen molar-refractivity contribution in [2.24, 2.45) is 0 Å². The van der Waals surface area contributed by atoms with E-state index in [1.165, 1.54) is 19.3 Å². The highest BCUT2D eigenvalue weighted by molar-refractivity contribution is 5.97. The third-order valence-corrected chi connectivity index (χ3v) is 5.05. The van der Waals surface area contributed by atoms with E-state index in [-0.39, 0.29) is 17.8 Å². The van der Waals surface area contributed by atoms with Crippen LogP contribution >= 0.6 is 0 Å². The van der Waals surface area contributed by atoms with E-state index in [0.717, 1.165) is 32.1 Å². The van der Waals surface area contributed by atoms with Gasteiger partial charge in [-0.25, -0.2) is 4.79 Å². The number of anilines is 1. The van der Waals surface area contributed by atoms with Crippen LogP contribution in [0.15, 0.2) is 24.3 Å². The second kappa shape index (κ2) is 12.8. The molecule has 4 amide bonds. The van der Waals surface area contributed by atoms with Crippen LogP contribution in [0.4, 0.5) is 10.5 Å². The molecule has 160 valence electrons. The van der Waals surface area contributed by atoms with E-state index in [9.17, 15) is 14.4 Å². The van der Waals surface area contributed by atoms with Crippen LogP contribution in [0, 0.1) is 0 Å². The summed E-state index contributed by atoms with van der Waals surface area (Å²) in [6, 6.07) is 7.16. The van der Waals surface area contributed by atoms with Gasteiger partial charge < -0.3 is 21.3 Å². The molecule has 0 bridgehead atoms. The lowest BCUT2D eigenvalue weighted by Crippen LogP contribution is -2.43. The fraction of sp³-hybridized carbons (Fsp3) is 0.591. The molecule has 0 aliphatic heterocycles. The molecule has 0 saturated heterocycles. The maximum atomic E-state index is 12.1. The summed E-state index contributed by atoms with van der Waals surface area (Å²) < 4.78 is 0. The van der Waals surface area contributed by atoms with Gasteiger partial charge in [0.2, 0.25) is 5.91 Å². The smallest absolute Gasteiger partial charge is 0.315 e. The summed E-state index contributed by atoms with van der Waals surface area (Å²) >= 11 is 0. The second-order valence-corrected chi connectivity index (χ2v) is 7.53. The Morgan fingerprint density at radius 3 is 2.55 bits per heavy atom. The number of amides is 4. The number of carbonyl (C=O) groups excluding carboxylic acids is 3. The summed E-state index contributed by atoms with van der Waals surface area (Å²) in [4.78, 5) is 35.8. The zero-order valence-corrected chi connectivity index (χ0v) is 17.4. The molecule has 7 heteroatoms. The molecule has 0 radical (unpaired) electrons. The van der Waals surface area contributed by atoms with E-state index in [2.05, 4.69) is 21.3 Å². The van der Waals surface area contributed by atoms with Gasteiger partial charge in [-0.2, -0.15) is 0 Å². The number of hydrogen-bond acceptors (Lipinski definition) is 3. The second-order valence-electron chi connectivity index (χ2n) is 7.53. The molecule has 1 aliphatic carbocycles. The minimum absolute atomic E-state index is 0.0685. The first-order chi connectivity index (χ1) is 14.1. The Bertz CT molecular complexity index is 672. The topological polar surface area (TPSA) is 99.3 Å². The predicted octanol–water partition coefficient (Wildman–Crippen LogP) is 3.57. The van der Waals surface area contributed by atoms with Gasteiger partial charge in [0.05, 0.1) is 0 Å². The van der Waals surface area contributed by atoms with Crippen molar-refractivity contribution in [1.29, 1.82) is 0 Å². The lowest BCUT2D eigenvalue weighted by Gasteiger charge is -2.22. The summed E-state index contributed by atoms with van der Waals surface area (Å²) in [6.07, 6.45) is 8.71. The summed E-state index contributed by atoms with van der Waals surface area (Å²) in [5.74, 6) is -0.218. The molecular formula is C22H34N4O3. The van der Waals surface area contributed by atoms with Gasteiger partial charge in [0, 0.05) is 36.8 Å². The Kier molecular flexibility index (Phi) is 10.0. The first kappa shape index (κ1) is 22.7. The zero-order chi connectivity index (χ0) is 20.9. The molecule has 1 aromatic rings. The largest absolute Gasteiger partial charge is 0.352 e. The molecule has 1 aromatic carbocycles. The van der Waals surface area contributed by atoms with Crippen LogP contribution in [-0.2, 0) is 4.79 Å². The molecule has 1 fully saturated rings. The summed E-state index contributed by atoms with van der Waals surface area (Å²) in [6.45, 7) is 3.05. The van der Waals surface area contributed by atoms with E-state index in [4.69, 9.17) is 0 Å². The minimum Gasteiger partial charge on any atom is -0.352 e. The molecule has 4 N–H and O–H groups in total. The van der Waals surface area contributed by atoms with Gasteiger partial charge in [-0.05, 0) is 50.8 Å². The number of rotatable bonds is 10. The molecule has 1 aliphatic rings. The summed E-state index contributed by atoms with van der Waals surface area (Å²) in [5, 5.41) is 11.5. The van der Waals surface area contributed by atoms with Gasteiger partial charge in [0.25, 0.3) is 5.91 Å². The van der Waals surface area contributed by atoms with Gasteiger partial charge >= 0.3 is 6.03 Å². The highest BCUT2D eigenvalue weighted by atomic mass is 16.2. The Morgan fingerprint density at radius 1 is 1.00 bits per heavy atom. The maximum absolute atomic E-state index is 12.1. The fourth-order valence-corrected chi connectivity index (χ4v) is 3.50. The average molecular weight is 403 g/mol. The van der Waals surface area contributed by atoms with Gasteiger partial charge in [0.15, 0.2) is 0 Å². The number of carbonyl (C=O) groups is 3. The standard InChI is InChI=1S/C22H34N4O3/c1-2-23-21(28)17-10-9-13-19(16-17)25-20(27)14-7-4-8-15-24-22(29)26-18-11-5-3-6-12-18/h9-10,13,16,18H,2-8,11-12,14-15H2,1H3,(H,23,28)(H,25,27)(H2,24,26,29). The Hall–Kier alpha value is -2.57. The van der Waals surface area contributed by atoms with E-state index < -0.39 is 0 Å². The number of nitrogens with one attached hydrogen (secondary N) is 4. The predicted molar refractivity (Wildman–Crippen MR) is 115 cm³/mol. The van der Waals surface area contributed by atoms with Crippen molar-refractivity contribution >= 4 is 23.5 Å². The molecule has 7 nitrogen and oxygen atoms in total. The van der Waals surface area contributed by atoms with E-state index in [1.54, 1.807) is 24.3 Å². The van der Waals surface area contributed by atoms with Crippen molar-refractivity contribution in [2.45, 2.75) is 70.8 Å². The molecule has 0 heterocycles. The Morgan fingerprint density at radius 2 is 1.79 bits per heavy atom. The van der Waals surface area contributed by atoms with E-state index in [1.807, 2.05) is 6.92 Å². The Balaban J connectivity index is 1.56. The van der Waals surface area contributed by atoms with Crippen molar-refractivity contribution in [3.63, 3.8) is 0 Å². The van der Waals surface area contributed by atoms with Crippen molar-refractivity contribution in [1.82, 2.24) is 16.0 Å². The normalized spacial score (nSPS) is 14.1. The average Bonchev–Trinajstić information content (AvgIpc) is 2.71. The molecule has 1 saturated carbocycles. The fourth-order valence-electron chi connectivity index (χ4n) is 3.50. The van der Waals surface area contributed by atoms with Crippen LogP contribution in [0.5, 0.6) is 0 Å². The van der Waals surface area contributed by atoms with Crippen LogP contribution in [-0.4, -0.2) is 37.0 Å². The summed E-state index contributed by atoms with van der Waals surface area (Å²) in [7, 11) is 0. The highest BCUT2D eigenvalue weighted by Crippen LogP contribution is 2.17. The Labute approximate surface area is 173 Å². The van der Waals surface area contributed by atoms with Gasteiger partial charge in [-0.1, -0.05) is 31.7 Å². The SMILES string of the molecule is CCNC(=O)c1cccc(NC(=O)CCCCCNC(=O)NC2CCCCC2)c1. The number of urea groups is 1. The molecule has 0 atom stereocenters. The lowest BCUT2D eigenvalue weighted by molar-refractivity contribution is -0.116. The molecule has 0 unspecified atom stereocenters. The quantitative estimate of drug-likeness (QED) is 0.450. The third-order valence-electron chi connectivity index (χ3n) is 5.05. The highest BCUT2D eigenvalue weighted by Gasteiger charge is 2.15. The van der Waals surface area contributed by atoms with Crippen LogP contribution in [0.25, 0.3) is 0 Å². The molecule has 29 heavy (non-hydrogen) atoms. The van der Waals surface area contributed by atoms with Gasteiger partial charge in [0.1, 0.15) is 0 Å². The van der Waals surface area contributed by atoms with E-state index >= 15 is 0 Å².